The molecule has 2 nitrogen and oxygen atoms in total. The molecular formula is C12H25O2Sn. The van der Waals surface area contributed by atoms with Gasteiger partial charge in [-0.3, -0.25) is 0 Å². The monoisotopic (exact) mass is 321 g/mol. The molecule has 0 aliphatic rings. The van der Waals surface area contributed by atoms with E-state index in [1.54, 1.807) is 0 Å². The third kappa shape index (κ3) is 8.11. The molecule has 1 atom stereocenters. The van der Waals surface area contributed by atoms with E-state index in [0.29, 0.717) is 0 Å². The Hall–Kier alpha value is 0.269. The summed E-state index contributed by atoms with van der Waals surface area (Å²) in [5.41, 5.74) is 0. The first-order valence-corrected chi connectivity index (χ1v) is 9.95. The van der Waals surface area contributed by atoms with Gasteiger partial charge in [-0.25, -0.2) is 0 Å². The van der Waals surface area contributed by atoms with Crippen LogP contribution in [0.2, 0.25) is 4.44 Å². The van der Waals surface area contributed by atoms with Crippen molar-refractivity contribution in [2.45, 2.75) is 63.7 Å². The van der Waals surface area contributed by atoms with Gasteiger partial charge in [-0.1, -0.05) is 0 Å². The van der Waals surface area contributed by atoms with Crippen molar-refractivity contribution in [3.63, 3.8) is 0 Å². The van der Waals surface area contributed by atoms with Gasteiger partial charge in [-0.2, -0.15) is 0 Å². The molecule has 0 aromatic rings. The van der Waals surface area contributed by atoms with Gasteiger partial charge in [0.1, 0.15) is 0 Å². The summed E-state index contributed by atoms with van der Waals surface area (Å²) in [6, 6.07) is 0. The van der Waals surface area contributed by atoms with Crippen molar-refractivity contribution in [3.8, 4) is 0 Å². The summed E-state index contributed by atoms with van der Waals surface area (Å²) >= 11 is -1.01. The van der Waals surface area contributed by atoms with Crippen LogP contribution < -0.4 is 0 Å². The molecule has 0 rings (SSSR count). The fourth-order valence-corrected chi connectivity index (χ4v) is 4.46. The molecule has 3 heteroatoms. The third-order valence-electron chi connectivity index (χ3n) is 2.61. The summed E-state index contributed by atoms with van der Waals surface area (Å²) in [6.45, 7) is 6.43. The molecule has 0 aromatic heterocycles. The first-order valence-electron chi connectivity index (χ1n) is 6.28. The molecule has 0 spiro atoms. The van der Waals surface area contributed by atoms with Crippen molar-refractivity contribution in [2.75, 3.05) is 0 Å². The van der Waals surface area contributed by atoms with Gasteiger partial charge in [-0.05, 0) is 0 Å². The Morgan fingerprint density at radius 1 is 1.20 bits per heavy atom. The second-order valence-electron chi connectivity index (χ2n) is 3.99. The molecule has 0 amide bonds. The van der Waals surface area contributed by atoms with E-state index in [9.17, 15) is 4.79 Å². The minimum atomic E-state index is -1.01. The molecule has 0 fully saturated rings. The molecule has 0 aromatic carbocycles. The summed E-state index contributed by atoms with van der Waals surface area (Å²) in [4.78, 5) is 11.7. The van der Waals surface area contributed by atoms with E-state index in [1.165, 1.54) is 23.7 Å². The molecule has 0 heterocycles. The second-order valence-corrected chi connectivity index (χ2v) is 7.27. The molecule has 0 aliphatic heterocycles. The van der Waals surface area contributed by atoms with E-state index in [4.69, 9.17) is 3.07 Å². The fraction of sp³-hybridized carbons (Fsp3) is 0.917. The van der Waals surface area contributed by atoms with Gasteiger partial charge in [0, 0.05) is 0 Å². The molecule has 0 saturated carbocycles. The molecule has 1 unspecified atom stereocenters. The van der Waals surface area contributed by atoms with Crippen LogP contribution in [-0.4, -0.2) is 27.5 Å². The van der Waals surface area contributed by atoms with E-state index in [1.807, 2.05) is 0 Å². The van der Waals surface area contributed by atoms with Gasteiger partial charge in [0.2, 0.25) is 0 Å². The predicted octanol–water partition coefficient (Wildman–Crippen LogP) is 3.32. The zero-order valence-corrected chi connectivity index (χ0v) is 13.7. The van der Waals surface area contributed by atoms with Crippen molar-refractivity contribution in [2.24, 2.45) is 5.92 Å². The summed E-state index contributed by atoms with van der Waals surface area (Å²) < 4.78 is 6.64. The summed E-state index contributed by atoms with van der Waals surface area (Å²) in [6.07, 6.45) is 6.73. The van der Waals surface area contributed by atoms with Gasteiger partial charge in [-0.15, -0.1) is 0 Å². The first kappa shape index (κ1) is 15.3. The van der Waals surface area contributed by atoms with E-state index >= 15 is 0 Å². The molecule has 89 valence electrons. The second kappa shape index (κ2) is 10.8. The average molecular weight is 320 g/mol. The predicted molar refractivity (Wildman–Crippen MR) is 66.3 cm³/mol. The van der Waals surface area contributed by atoms with Crippen LogP contribution in [0.25, 0.3) is 0 Å². The summed E-state index contributed by atoms with van der Waals surface area (Å²) in [5, 5.41) is 0. The minimum absolute atomic E-state index is 0.100. The zero-order chi connectivity index (χ0) is 11.5. The third-order valence-corrected chi connectivity index (χ3v) is 5.58. The van der Waals surface area contributed by atoms with Crippen molar-refractivity contribution in [1.82, 2.24) is 0 Å². The van der Waals surface area contributed by atoms with Crippen LogP contribution in [0.15, 0.2) is 0 Å². The van der Waals surface area contributed by atoms with E-state index < -0.39 is 21.6 Å². The van der Waals surface area contributed by atoms with Gasteiger partial charge in [0.05, 0.1) is 0 Å². The zero-order valence-electron chi connectivity index (χ0n) is 10.4. The first-order chi connectivity index (χ1) is 7.26. The van der Waals surface area contributed by atoms with E-state index in [2.05, 4.69) is 20.8 Å². The van der Waals surface area contributed by atoms with Crippen LogP contribution >= 0.6 is 0 Å². The van der Waals surface area contributed by atoms with Gasteiger partial charge in [0.15, 0.2) is 0 Å². The van der Waals surface area contributed by atoms with Gasteiger partial charge in [0.25, 0.3) is 0 Å². The van der Waals surface area contributed by atoms with Crippen molar-refractivity contribution in [3.05, 3.63) is 0 Å². The van der Waals surface area contributed by atoms with Crippen LogP contribution in [-0.2, 0) is 7.87 Å². The Morgan fingerprint density at radius 3 is 2.40 bits per heavy atom. The van der Waals surface area contributed by atoms with Crippen LogP contribution in [0.3, 0.4) is 0 Å². The van der Waals surface area contributed by atoms with Crippen molar-refractivity contribution in [1.29, 1.82) is 0 Å². The number of hydrogen-bond acceptors (Lipinski definition) is 2. The SMILES string of the molecule is CCC[CH2][SnH][O]C(=O)C(CC)CCCC. The Bertz CT molecular complexity index is 160. The Morgan fingerprint density at radius 2 is 1.87 bits per heavy atom. The maximum absolute atomic E-state index is 11.7. The van der Waals surface area contributed by atoms with Gasteiger partial charge >= 0.3 is 105 Å². The van der Waals surface area contributed by atoms with Crippen LogP contribution in [0.5, 0.6) is 0 Å². The number of carbonyl (C=O) groups excluding carboxylic acids is 1. The quantitative estimate of drug-likeness (QED) is 0.481. The van der Waals surface area contributed by atoms with Crippen molar-refractivity contribution >= 4 is 27.5 Å². The Labute approximate surface area is 105 Å². The number of unbranched alkanes of at least 4 members (excludes halogenated alkanes) is 2. The normalized spacial score (nSPS) is 12.5. The molecule has 0 aliphatic carbocycles. The summed E-state index contributed by atoms with van der Waals surface area (Å²) in [7, 11) is 0. The number of hydrogen-bond donors (Lipinski definition) is 0. The average Bonchev–Trinajstić information content (AvgIpc) is 2.25. The van der Waals surface area contributed by atoms with Crippen LogP contribution in [0.1, 0.15) is 59.3 Å². The maximum atomic E-state index is 11.7. The Balaban J connectivity index is 3.63. The summed E-state index contributed by atoms with van der Waals surface area (Å²) in [5.74, 6) is 0.279. The molecule has 0 N–H and O–H groups in total. The Kier molecular flexibility index (Phi) is 11.0. The standard InChI is InChI=1S/C8H16O2.C4H9.Sn.H/c1-3-5-6-7(4-2)8(9)10;1-3-4-2;;/h7H,3-6H2,1-2H3,(H,9,10);1,3-4H2,2H3;;/q;;+1;/p-1. The molecule has 1 radical (unpaired) electrons. The van der Waals surface area contributed by atoms with Crippen molar-refractivity contribution < 1.29 is 7.87 Å². The van der Waals surface area contributed by atoms with E-state index in [0.717, 1.165) is 19.3 Å². The molecule has 0 bridgehead atoms. The van der Waals surface area contributed by atoms with Gasteiger partial charge < -0.3 is 0 Å². The van der Waals surface area contributed by atoms with Crippen LogP contribution in [0.4, 0.5) is 0 Å². The topological polar surface area (TPSA) is 26.3 Å². The molecule has 0 saturated heterocycles. The number of rotatable bonds is 9. The fourth-order valence-electron chi connectivity index (χ4n) is 1.46. The van der Waals surface area contributed by atoms with Crippen LogP contribution in [0, 0.1) is 5.92 Å². The molecule has 15 heavy (non-hydrogen) atoms. The molecular weight excluding hydrogens is 295 g/mol. The van der Waals surface area contributed by atoms with E-state index in [-0.39, 0.29) is 11.9 Å². The number of carbonyl (C=O) groups is 1.